The van der Waals surface area contributed by atoms with E-state index in [4.69, 9.17) is 4.74 Å². The van der Waals surface area contributed by atoms with Crippen LogP contribution >= 0.6 is 11.3 Å². The lowest BCUT2D eigenvalue weighted by molar-refractivity contribution is -0.367. The zero-order valence-corrected chi connectivity index (χ0v) is 12.2. The lowest BCUT2D eigenvalue weighted by Crippen LogP contribution is -2.54. The van der Waals surface area contributed by atoms with E-state index in [0.29, 0.717) is 15.5 Å². The number of hydrogen-bond donors (Lipinski definition) is 1. The molecule has 0 saturated heterocycles. The number of rotatable bonds is 5. The molecule has 0 aliphatic carbocycles. The van der Waals surface area contributed by atoms with Crippen LogP contribution in [0.2, 0.25) is 0 Å². The van der Waals surface area contributed by atoms with E-state index >= 15 is 0 Å². The van der Waals surface area contributed by atoms with Crippen molar-refractivity contribution >= 4 is 21.2 Å². The molecular formula is C13H16NO3S2+. The van der Waals surface area contributed by atoms with E-state index in [1.807, 2.05) is 0 Å². The van der Waals surface area contributed by atoms with Gasteiger partial charge in [0.25, 0.3) is 0 Å². The second-order valence-corrected chi connectivity index (χ2v) is 7.34. The van der Waals surface area contributed by atoms with Gasteiger partial charge in [-0.15, -0.1) is 11.3 Å². The van der Waals surface area contributed by atoms with Gasteiger partial charge in [-0.05, 0) is 29.1 Å². The maximum atomic E-state index is 12.6. The maximum Gasteiger partial charge on any atom is 0.200 e. The van der Waals surface area contributed by atoms with Crippen molar-refractivity contribution in [3.63, 3.8) is 0 Å². The predicted molar refractivity (Wildman–Crippen MR) is 75.0 cm³/mol. The fourth-order valence-electron chi connectivity index (χ4n) is 1.91. The Morgan fingerprint density at radius 3 is 2.68 bits per heavy atom. The van der Waals surface area contributed by atoms with E-state index in [9.17, 15) is 8.42 Å². The van der Waals surface area contributed by atoms with Gasteiger partial charge in [0.2, 0.25) is 0 Å². The van der Waals surface area contributed by atoms with Crippen molar-refractivity contribution in [2.24, 2.45) is 0 Å². The highest BCUT2D eigenvalue weighted by Crippen LogP contribution is 2.31. The van der Waals surface area contributed by atoms with Crippen molar-refractivity contribution in [3.05, 3.63) is 47.3 Å². The highest BCUT2D eigenvalue weighted by atomic mass is 32.2. The Morgan fingerprint density at radius 2 is 2.11 bits per heavy atom. The van der Waals surface area contributed by atoms with Crippen LogP contribution in [0.15, 0.2) is 46.0 Å². The van der Waals surface area contributed by atoms with Gasteiger partial charge < -0.3 is 10.5 Å². The molecule has 0 bridgehead atoms. The van der Waals surface area contributed by atoms with E-state index in [-0.39, 0.29) is 6.54 Å². The second kappa shape index (κ2) is 5.73. The van der Waals surface area contributed by atoms with Gasteiger partial charge in [-0.25, -0.2) is 8.42 Å². The molecule has 4 nitrogen and oxygen atoms in total. The average molecular weight is 298 g/mol. The van der Waals surface area contributed by atoms with Crippen molar-refractivity contribution in [1.29, 1.82) is 0 Å². The summed E-state index contributed by atoms with van der Waals surface area (Å²) in [4.78, 5) is 0. The highest BCUT2D eigenvalue weighted by molar-refractivity contribution is 7.93. The Kier molecular flexibility index (Phi) is 4.24. The molecule has 19 heavy (non-hydrogen) atoms. The molecular weight excluding hydrogens is 282 g/mol. The van der Waals surface area contributed by atoms with Crippen molar-refractivity contribution < 1.29 is 18.9 Å². The lowest BCUT2D eigenvalue weighted by Gasteiger charge is -2.14. The molecule has 1 heterocycles. The molecule has 0 unspecified atom stereocenters. The first-order chi connectivity index (χ1) is 9.09. The van der Waals surface area contributed by atoms with Gasteiger partial charge in [0, 0.05) is 0 Å². The van der Waals surface area contributed by atoms with Gasteiger partial charge in [-0.1, -0.05) is 18.2 Å². The second-order valence-electron chi connectivity index (χ2n) is 4.03. The van der Waals surface area contributed by atoms with E-state index < -0.39 is 15.1 Å². The maximum absolute atomic E-state index is 12.6. The fraction of sp³-hybridized carbons (Fsp3) is 0.231. The molecule has 6 heteroatoms. The van der Waals surface area contributed by atoms with E-state index in [1.54, 1.807) is 48.9 Å². The van der Waals surface area contributed by atoms with Crippen LogP contribution in [-0.4, -0.2) is 22.1 Å². The minimum atomic E-state index is -3.39. The summed E-state index contributed by atoms with van der Waals surface area (Å²) in [6.45, 7) is 0.285. The normalized spacial score (nSPS) is 13.2. The van der Waals surface area contributed by atoms with Crippen LogP contribution in [0.1, 0.15) is 10.8 Å². The molecule has 2 rings (SSSR count). The van der Waals surface area contributed by atoms with E-state index in [0.717, 1.165) is 0 Å². The van der Waals surface area contributed by atoms with Gasteiger partial charge in [-0.3, -0.25) is 0 Å². The number of thiophene rings is 1. The van der Waals surface area contributed by atoms with Gasteiger partial charge >= 0.3 is 0 Å². The van der Waals surface area contributed by atoms with Crippen LogP contribution in [0.4, 0.5) is 0 Å². The number of hydrogen-bond acceptors (Lipinski definition) is 4. The summed E-state index contributed by atoms with van der Waals surface area (Å²) >= 11 is 1.23. The molecule has 3 N–H and O–H groups in total. The summed E-state index contributed by atoms with van der Waals surface area (Å²) in [5.74, 6) is 0.650. The number of benzene rings is 1. The summed E-state index contributed by atoms with van der Waals surface area (Å²) < 4.78 is 30.6. The minimum absolute atomic E-state index is 0.285. The van der Waals surface area contributed by atoms with E-state index in [2.05, 4.69) is 5.73 Å². The zero-order valence-electron chi connectivity index (χ0n) is 10.6. The molecule has 1 aromatic carbocycles. The van der Waals surface area contributed by atoms with Crippen LogP contribution in [-0.2, 0) is 9.84 Å². The summed E-state index contributed by atoms with van der Waals surface area (Å²) in [5, 5.41) is 1.12. The monoisotopic (exact) mass is 298 g/mol. The smallest absolute Gasteiger partial charge is 0.200 e. The van der Waals surface area contributed by atoms with E-state index in [1.165, 1.54) is 11.3 Å². The first kappa shape index (κ1) is 14.0. The SMILES string of the molecule is COc1cccc([C@@H](C[NH3+])S(=O)(=O)c2cccs2)c1. The lowest BCUT2D eigenvalue weighted by atomic mass is 10.1. The van der Waals surface area contributed by atoms with Crippen LogP contribution in [0.3, 0.4) is 0 Å². The molecule has 0 radical (unpaired) electrons. The van der Waals surface area contributed by atoms with Gasteiger partial charge in [0.05, 0.1) is 13.7 Å². The summed E-state index contributed by atoms with van der Waals surface area (Å²) in [7, 11) is -1.82. The third kappa shape index (κ3) is 2.80. The molecule has 0 saturated carbocycles. The number of sulfone groups is 1. The molecule has 0 spiro atoms. The van der Waals surface area contributed by atoms with Crippen LogP contribution < -0.4 is 10.5 Å². The summed E-state index contributed by atoms with van der Waals surface area (Å²) in [6.07, 6.45) is 0. The van der Waals surface area contributed by atoms with Gasteiger partial charge in [0.15, 0.2) is 9.84 Å². The van der Waals surface area contributed by atoms with Crippen molar-refractivity contribution in [2.45, 2.75) is 9.46 Å². The third-order valence-electron chi connectivity index (χ3n) is 2.88. The fourth-order valence-corrected chi connectivity index (χ4v) is 4.77. The summed E-state index contributed by atoms with van der Waals surface area (Å²) in [6, 6.07) is 10.5. The molecule has 0 aliphatic rings. The molecule has 0 amide bonds. The standard InChI is InChI=1S/C13H15NO3S2/c1-17-11-5-2-4-10(8-11)12(9-14)19(15,16)13-6-3-7-18-13/h2-8,12H,9,14H2,1H3/p+1/t12-/m1/s1. The van der Waals surface area contributed by atoms with Crippen LogP contribution in [0.5, 0.6) is 5.75 Å². The van der Waals surface area contributed by atoms with Gasteiger partial charge in [0.1, 0.15) is 15.2 Å². The molecule has 1 aromatic heterocycles. The Hall–Kier alpha value is -1.37. The van der Waals surface area contributed by atoms with Crippen LogP contribution in [0.25, 0.3) is 0 Å². The number of ether oxygens (including phenoxy) is 1. The quantitative estimate of drug-likeness (QED) is 0.909. The van der Waals surface area contributed by atoms with Crippen molar-refractivity contribution in [3.8, 4) is 5.75 Å². The molecule has 2 aromatic rings. The molecule has 0 aliphatic heterocycles. The highest BCUT2D eigenvalue weighted by Gasteiger charge is 2.30. The summed E-state index contributed by atoms with van der Waals surface area (Å²) in [5.41, 5.74) is 4.49. The minimum Gasteiger partial charge on any atom is -0.497 e. The molecule has 0 fully saturated rings. The van der Waals surface area contributed by atoms with Gasteiger partial charge in [-0.2, -0.15) is 0 Å². The molecule has 1 atom stereocenters. The van der Waals surface area contributed by atoms with Crippen molar-refractivity contribution in [2.75, 3.05) is 13.7 Å². The van der Waals surface area contributed by atoms with Crippen LogP contribution in [0, 0.1) is 0 Å². The first-order valence-electron chi connectivity index (χ1n) is 5.80. The Bertz CT molecular complexity index is 636. The topological polar surface area (TPSA) is 71.0 Å². The average Bonchev–Trinajstić information content (AvgIpc) is 2.94. The number of quaternary nitrogens is 1. The Balaban J connectivity index is 2.45. The first-order valence-corrected chi connectivity index (χ1v) is 8.22. The Labute approximate surface area is 116 Å². The predicted octanol–water partition coefficient (Wildman–Crippen LogP) is 1.51. The number of methoxy groups -OCH3 is 1. The largest absolute Gasteiger partial charge is 0.497 e. The Morgan fingerprint density at radius 1 is 1.32 bits per heavy atom. The third-order valence-corrected chi connectivity index (χ3v) is 6.48. The zero-order chi connectivity index (χ0) is 13.9. The molecule has 102 valence electrons. The van der Waals surface area contributed by atoms with Crippen molar-refractivity contribution in [1.82, 2.24) is 0 Å².